The van der Waals surface area contributed by atoms with E-state index in [1.807, 2.05) is 0 Å². The highest BCUT2D eigenvalue weighted by Gasteiger charge is 2.40. The van der Waals surface area contributed by atoms with Crippen molar-refractivity contribution >= 4 is 25.7 Å². The third-order valence-electron chi connectivity index (χ3n) is 3.69. The Labute approximate surface area is 147 Å². The van der Waals surface area contributed by atoms with Gasteiger partial charge in [-0.05, 0) is 17.7 Å². The summed E-state index contributed by atoms with van der Waals surface area (Å²) in [6, 6.07) is 8.95. The van der Waals surface area contributed by atoms with Gasteiger partial charge in [-0.1, -0.05) is 30.3 Å². The average molecular weight is 407 g/mol. The number of fused-ring (bicyclic) bond motifs is 1. The lowest BCUT2D eigenvalue weighted by molar-refractivity contribution is -0.139. The first-order valence-corrected chi connectivity index (χ1v) is 10.0. The zero-order valence-corrected chi connectivity index (χ0v) is 14.4. The summed E-state index contributed by atoms with van der Waals surface area (Å²) in [5.74, 6) is 0. The molecule has 0 radical (unpaired) electrons. The lowest BCUT2D eigenvalue weighted by atomic mass is 10.1. The summed E-state index contributed by atoms with van der Waals surface area (Å²) in [5.41, 5.74) is -1.46. The van der Waals surface area contributed by atoms with E-state index >= 15 is 0 Å². The molecule has 0 aromatic heterocycles. The maximum absolute atomic E-state index is 13.2. The molecule has 4 N–H and O–H groups in total. The third-order valence-corrected chi connectivity index (χ3v) is 6.10. The van der Waals surface area contributed by atoms with E-state index in [0.717, 1.165) is 0 Å². The van der Waals surface area contributed by atoms with Crippen molar-refractivity contribution in [1.29, 1.82) is 0 Å². The predicted octanol–water partition coefficient (Wildman–Crippen LogP) is 1.76. The zero-order valence-electron chi connectivity index (χ0n) is 12.8. The van der Waals surface area contributed by atoms with Crippen molar-refractivity contribution in [2.24, 2.45) is 5.14 Å². The zero-order chi connectivity index (χ0) is 19.3. The highest BCUT2D eigenvalue weighted by molar-refractivity contribution is 7.90. The molecule has 140 valence electrons. The number of halogens is 3. The molecule has 0 spiro atoms. The number of rotatable bonds is 2. The molecule has 26 heavy (non-hydrogen) atoms. The number of anilines is 1. The molecule has 2 aromatic carbocycles. The molecule has 1 atom stereocenters. The molecule has 0 unspecified atom stereocenters. The quantitative estimate of drug-likeness (QED) is 0.701. The van der Waals surface area contributed by atoms with E-state index in [9.17, 15) is 30.0 Å². The Kier molecular flexibility index (Phi) is 4.26. The van der Waals surface area contributed by atoms with Gasteiger partial charge in [-0.25, -0.2) is 22.0 Å². The van der Waals surface area contributed by atoms with E-state index in [4.69, 9.17) is 5.14 Å². The van der Waals surface area contributed by atoms with Crippen LogP contribution >= 0.6 is 0 Å². The summed E-state index contributed by atoms with van der Waals surface area (Å²) >= 11 is 0. The Hall–Kier alpha value is -2.15. The van der Waals surface area contributed by atoms with Crippen molar-refractivity contribution in [3.05, 3.63) is 53.6 Å². The minimum Gasteiger partial charge on any atom is -0.364 e. The normalized spacial score (nSPS) is 19.5. The van der Waals surface area contributed by atoms with E-state index < -0.39 is 47.7 Å². The number of sulfonamides is 2. The van der Waals surface area contributed by atoms with Crippen LogP contribution in [0.15, 0.2) is 52.3 Å². The molecule has 1 aliphatic heterocycles. The minimum atomic E-state index is -5.05. The number of alkyl halides is 3. The van der Waals surface area contributed by atoms with Crippen molar-refractivity contribution < 1.29 is 30.0 Å². The van der Waals surface area contributed by atoms with Crippen LogP contribution in [-0.2, 0) is 26.2 Å². The molecule has 0 amide bonds. The third kappa shape index (κ3) is 3.40. The fourth-order valence-electron chi connectivity index (χ4n) is 2.55. The van der Waals surface area contributed by atoms with Gasteiger partial charge in [0.1, 0.15) is 11.1 Å². The van der Waals surface area contributed by atoms with Gasteiger partial charge in [0.15, 0.2) is 0 Å². The van der Waals surface area contributed by atoms with Crippen LogP contribution in [0.25, 0.3) is 0 Å². The first-order chi connectivity index (χ1) is 11.9. The van der Waals surface area contributed by atoms with Crippen LogP contribution in [-0.4, -0.2) is 16.8 Å². The molecule has 0 aliphatic carbocycles. The molecule has 0 saturated carbocycles. The van der Waals surface area contributed by atoms with Gasteiger partial charge in [-0.3, -0.25) is 0 Å². The van der Waals surface area contributed by atoms with Gasteiger partial charge in [0.2, 0.25) is 20.0 Å². The predicted molar refractivity (Wildman–Crippen MR) is 85.9 cm³/mol. The average Bonchev–Trinajstić information content (AvgIpc) is 2.52. The molecular formula is C14H12F3N3O4S2. The molecule has 1 heterocycles. The maximum Gasteiger partial charge on any atom is 0.417 e. The monoisotopic (exact) mass is 407 g/mol. The summed E-state index contributed by atoms with van der Waals surface area (Å²) < 4.78 is 89.9. The summed E-state index contributed by atoms with van der Waals surface area (Å²) in [6.45, 7) is 0. The molecular weight excluding hydrogens is 395 g/mol. The second-order valence-corrected chi connectivity index (χ2v) is 8.71. The Morgan fingerprint density at radius 3 is 2.23 bits per heavy atom. The van der Waals surface area contributed by atoms with Crippen molar-refractivity contribution in [3.63, 3.8) is 0 Å². The van der Waals surface area contributed by atoms with Gasteiger partial charge >= 0.3 is 6.18 Å². The summed E-state index contributed by atoms with van der Waals surface area (Å²) in [5, 5.41) is 7.47. The second kappa shape index (κ2) is 5.94. The first kappa shape index (κ1) is 18.6. The lowest BCUT2D eigenvalue weighted by Crippen LogP contribution is -2.38. The highest BCUT2D eigenvalue weighted by atomic mass is 32.2. The van der Waals surface area contributed by atoms with Crippen molar-refractivity contribution in [1.82, 2.24) is 4.72 Å². The van der Waals surface area contributed by atoms with Crippen LogP contribution in [0.4, 0.5) is 18.9 Å². The molecule has 0 bridgehead atoms. The van der Waals surface area contributed by atoms with E-state index in [-0.39, 0.29) is 5.69 Å². The van der Waals surface area contributed by atoms with Crippen LogP contribution in [0, 0.1) is 0 Å². The van der Waals surface area contributed by atoms with E-state index in [1.54, 1.807) is 30.3 Å². The SMILES string of the molecule is NS(=O)(=O)c1cc2c(cc1C(F)(F)F)N[C@@H](c1ccccc1)NS2(=O)=O. The fourth-order valence-corrected chi connectivity index (χ4v) is 4.70. The van der Waals surface area contributed by atoms with E-state index in [0.29, 0.717) is 17.7 Å². The van der Waals surface area contributed by atoms with Crippen molar-refractivity contribution in [2.75, 3.05) is 5.32 Å². The van der Waals surface area contributed by atoms with E-state index in [2.05, 4.69) is 10.0 Å². The fraction of sp³-hybridized carbons (Fsp3) is 0.143. The van der Waals surface area contributed by atoms with Gasteiger partial charge < -0.3 is 5.32 Å². The Morgan fingerprint density at radius 2 is 1.69 bits per heavy atom. The Balaban J connectivity index is 2.23. The molecule has 0 saturated heterocycles. The van der Waals surface area contributed by atoms with Gasteiger partial charge in [-0.15, -0.1) is 0 Å². The minimum absolute atomic E-state index is 0.377. The number of hydrogen-bond acceptors (Lipinski definition) is 5. The smallest absolute Gasteiger partial charge is 0.364 e. The second-order valence-electron chi connectivity index (χ2n) is 5.50. The van der Waals surface area contributed by atoms with Crippen LogP contribution in [0.2, 0.25) is 0 Å². The summed E-state index contributed by atoms with van der Waals surface area (Å²) in [4.78, 5) is -1.95. The van der Waals surface area contributed by atoms with Gasteiger partial charge in [0.25, 0.3) is 0 Å². The lowest BCUT2D eigenvalue weighted by Gasteiger charge is -2.29. The van der Waals surface area contributed by atoms with Gasteiger partial charge in [-0.2, -0.15) is 17.9 Å². The molecule has 7 nitrogen and oxygen atoms in total. The molecule has 0 fully saturated rings. The summed E-state index contributed by atoms with van der Waals surface area (Å²) in [6.07, 6.45) is -6.06. The number of hydrogen-bond donors (Lipinski definition) is 3. The topological polar surface area (TPSA) is 118 Å². The molecule has 1 aliphatic rings. The molecule has 2 aromatic rings. The number of nitrogens with two attached hydrogens (primary N) is 1. The highest BCUT2D eigenvalue weighted by Crippen LogP contribution is 2.40. The van der Waals surface area contributed by atoms with Crippen LogP contribution in [0.1, 0.15) is 17.3 Å². The van der Waals surface area contributed by atoms with E-state index in [1.165, 1.54) is 0 Å². The largest absolute Gasteiger partial charge is 0.417 e. The van der Waals surface area contributed by atoms with Crippen molar-refractivity contribution in [3.8, 4) is 0 Å². The molecule has 3 rings (SSSR count). The van der Waals surface area contributed by atoms with Crippen LogP contribution in [0.3, 0.4) is 0 Å². The number of primary sulfonamides is 1. The number of nitrogens with one attached hydrogen (secondary N) is 2. The van der Waals surface area contributed by atoms with Crippen LogP contribution < -0.4 is 15.2 Å². The Bertz CT molecular complexity index is 1070. The van der Waals surface area contributed by atoms with Gasteiger partial charge in [0.05, 0.1) is 16.1 Å². The van der Waals surface area contributed by atoms with Gasteiger partial charge in [0, 0.05) is 0 Å². The first-order valence-electron chi connectivity index (χ1n) is 7.01. The maximum atomic E-state index is 13.2. The van der Waals surface area contributed by atoms with Crippen LogP contribution in [0.5, 0.6) is 0 Å². The number of benzene rings is 2. The van der Waals surface area contributed by atoms with Crippen molar-refractivity contribution in [2.45, 2.75) is 22.1 Å². The summed E-state index contributed by atoms with van der Waals surface area (Å²) in [7, 11) is -9.09. The molecule has 12 heteroatoms. The Morgan fingerprint density at radius 1 is 1.08 bits per heavy atom. The standard InChI is InChI=1S/C14H12F3N3O4S2/c15-14(16,17)9-6-10-12(7-11(9)25(18,21)22)26(23,24)20-13(19-10)8-4-2-1-3-5-8/h1-7,13,19-20H,(H2,18,21,22)/t13-/m1/s1.